The highest BCUT2D eigenvalue weighted by Crippen LogP contribution is 1.99. The van der Waals surface area contributed by atoms with Crippen molar-refractivity contribution in [3.05, 3.63) is 36.2 Å². The SMILES string of the molecule is C=C/C(NC)=C(\C=C/C)NC.CC. The number of likely N-dealkylation sites (N-methyl/N-ethyl adjacent to an activating group) is 2. The van der Waals surface area contributed by atoms with Gasteiger partial charge in [-0.2, -0.15) is 0 Å². The highest BCUT2D eigenvalue weighted by Gasteiger charge is 1.93. The zero-order valence-corrected chi connectivity index (χ0v) is 9.44. The van der Waals surface area contributed by atoms with Crippen molar-refractivity contribution in [3.8, 4) is 0 Å². The maximum atomic E-state index is 3.69. The first kappa shape index (κ1) is 14.3. The van der Waals surface area contributed by atoms with E-state index < -0.39 is 0 Å². The van der Waals surface area contributed by atoms with Crippen molar-refractivity contribution in [1.29, 1.82) is 0 Å². The molecule has 2 nitrogen and oxygen atoms in total. The Balaban J connectivity index is 0. The molecule has 0 bridgehead atoms. The lowest BCUT2D eigenvalue weighted by atomic mass is 10.3. The standard InChI is InChI=1S/C9H16N2.C2H6/c1-5-7-9(11-4)8(6-2)10-3;1-2/h5-7,10-11H,2H2,1,3-4H3;1-2H3/b7-5-,9-8-;. The third kappa shape index (κ3) is 6.02. The average molecular weight is 182 g/mol. The van der Waals surface area contributed by atoms with E-state index in [1.807, 2.05) is 47.0 Å². The second-order valence-electron chi connectivity index (χ2n) is 2.03. The van der Waals surface area contributed by atoms with E-state index in [2.05, 4.69) is 17.2 Å². The first-order valence-electron chi connectivity index (χ1n) is 4.65. The molecule has 76 valence electrons. The molecule has 0 aromatic heterocycles. The number of nitrogens with one attached hydrogen (secondary N) is 2. The Morgan fingerprint density at radius 1 is 1.08 bits per heavy atom. The summed E-state index contributed by atoms with van der Waals surface area (Å²) in [5, 5.41) is 6.10. The Morgan fingerprint density at radius 2 is 1.54 bits per heavy atom. The predicted molar refractivity (Wildman–Crippen MR) is 61.5 cm³/mol. The molecule has 0 aliphatic carbocycles. The topological polar surface area (TPSA) is 24.1 Å². The van der Waals surface area contributed by atoms with Crippen LogP contribution in [0.4, 0.5) is 0 Å². The molecule has 0 aliphatic heterocycles. The Hall–Kier alpha value is -1.18. The van der Waals surface area contributed by atoms with E-state index in [0.29, 0.717) is 0 Å². The minimum Gasteiger partial charge on any atom is -0.386 e. The molecule has 0 aliphatic rings. The van der Waals surface area contributed by atoms with Crippen molar-refractivity contribution in [2.45, 2.75) is 20.8 Å². The van der Waals surface area contributed by atoms with Gasteiger partial charge in [-0.15, -0.1) is 0 Å². The van der Waals surface area contributed by atoms with Gasteiger partial charge in [0.1, 0.15) is 0 Å². The highest BCUT2D eigenvalue weighted by molar-refractivity contribution is 5.28. The lowest BCUT2D eigenvalue weighted by molar-refractivity contribution is 0.934. The van der Waals surface area contributed by atoms with Crippen LogP contribution in [0.15, 0.2) is 36.2 Å². The van der Waals surface area contributed by atoms with Gasteiger partial charge in [0.25, 0.3) is 0 Å². The van der Waals surface area contributed by atoms with Crippen molar-refractivity contribution in [2.75, 3.05) is 14.1 Å². The van der Waals surface area contributed by atoms with Crippen molar-refractivity contribution in [3.63, 3.8) is 0 Å². The van der Waals surface area contributed by atoms with Gasteiger partial charge in [0.15, 0.2) is 0 Å². The van der Waals surface area contributed by atoms with Gasteiger partial charge in [0, 0.05) is 14.1 Å². The normalized spacial score (nSPS) is 11.2. The van der Waals surface area contributed by atoms with Crippen molar-refractivity contribution >= 4 is 0 Å². The number of hydrogen-bond acceptors (Lipinski definition) is 2. The summed E-state index contributed by atoms with van der Waals surface area (Å²) in [4.78, 5) is 0. The van der Waals surface area contributed by atoms with E-state index in [4.69, 9.17) is 0 Å². The van der Waals surface area contributed by atoms with Crippen LogP contribution in [0.25, 0.3) is 0 Å². The monoisotopic (exact) mass is 182 g/mol. The van der Waals surface area contributed by atoms with Crippen molar-refractivity contribution in [1.82, 2.24) is 10.6 Å². The minimum absolute atomic E-state index is 1.01. The Labute approximate surface area is 82.4 Å². The molecule has 0 radical (unpaired) electrons. The molecular formula is C11H22N2. The Kier molecular flexibility index (Phi) is 11.9. The molecule has 2 heteroatoms. The molecule has 0 atom stereocenters. The zero-order valence-electron chi connectivity index (χ0n) is 9.44. The summed E-state index contributed by atoms with van der Waals surface area (Å²) in [5.41, 5.74) is 2.05. The van der Waals surface area contributed by atoms with Gasteiger partial charge < -0.3 is 10.6 Å². The van der Waals surface area contributed by atoms with E-state index in [1.165, 1.54) is 0 Å². The molecule has 13 heavy (non-hydrogen) atoms. The van der Waals surface area contributed by atoms with Crippen LogP contribution in [-0.2, 0) is 0 Å². The van der Waals surface area contributed by atoms with Crippen LogP contribution >= 0.6 is 0 Å². The summed E-state index contributed by atoms with van der Waals surface area (Å²) in [6.07, 6.45) is 5.76. The summed E-state index contributed by atoms with van der Waals surface area (Å²) in [6, 6.07) is 0. The fourth-order valence-electron chi connectivity index (χ4n) is 0.821. The molecule has 0 aromatic carbocycles. The molecule has 0 spiro atoms. The van der Waals surface area contributed by atoms with Gasteiger partial charge in [-0.25, -0.2) is 0 Å². The van der Waals surface area contributed by atoms with Crippen LogP contribution < -0.4 is 10.6 Å². The third-order valence-corrected chi connectivity index (χ3v) is 1.37. The van der Waals surface area contributed by atoms with Crippen LogP contribution in [0.3, 0.4) is 0 Å². The summed E-state index contributed by atoms with van der Waals surface area (Å²) in [5.74, 6) is 0. The molecule has 0 saturated heterocycles. The summed E-state index contributed by atoms with van der Waals surface area (Å²) < 4.78 is 0. The van der Waals surface area contributed by atoms with Crippen LogP contribution in [-0.4, -0.2) is 14.1 Å². The van der Waals surface area contributed by atoms with Crippen LogP contribution in [0.5, 0.6) is 0 Å². The maximum Gasteiger partial charge on any atom is 0.0569 e. The molecule has 0 aromatic rings. The molecule has 0 unspecified atom stereocenters. The largest absolute Gasteiger partial charge is 0.386 e. The van der Waals surface area contributed by atoms with Gasteiger partial charge in [-0.1, -0.05) is 26.5 Å². The quantitative estimate of drug-likeness (QED) is 0.652. The van der Waals surface area contributed by atoms with Crippen LogP contribution in [0.2, 0.25) is 0 Å². The zero-order chi connectivity index (χ0) is 10.7. The fourth-order valence-corrected chi connectivity index (χ4v) is 0.821. The number of hydrogen-bond donors (Lipinski definition) is 2. The molecule has 0 fully saturated rings. The summed E-state index contributed by atoms with van der Waals surface area (Å²) in [6.45, 7) is 9.67. The lowest BCUT2D eigenvalue weighted by Crippen LogP contribution is -2.14. The van der Waals surface area contributed by atoms with Crippen molar-refractivity contribution in [2.24, 2.45) is 0 Å². The number of allylic oxidation sites excluding steroid dienone is 3. The molecule has 0 amide bonds. The van der Waals surface area contributed by atoms with Gasteiger partial charge in [-0.3, -0.25) is 0 Å². The highest BCUT2D eigenvalue weighted by atomic mass is 14.9. The predicted octanol–water partition coefficient (Wildman–Crippen LogP) is 2.43. The lowest BCUT2D eigenvalue weighted by Gasteiger charge is -2.06. The number of rotatable bonds is 4. The smallest absolute Gasteiger partial charge is 0.0569 e. The summed E-state index contributed by atoms with van der Waals surface area (Å²) >= 11 is 0. The molecular weight excluding hydrogens is 160 g/mol. The van der Waals surface area contributed by atoms with Gasteiger partial charge in [0.05, 0.1) is 11.4 Å². The van der Waals surface area contributed by atoms with E-state index in [9.17, 15) is 0 Å². The van der Waals surface area contributed by atoms with E-state index in [-0.39, 0.29) is 0 Å². The van der Waals surface area contributed by atoms with E-state index in [1.54, 1.807) is 6.08 Å². The Bertz CT molecular complexity index is 179. The minimum atomic E-state index is 1.01. The van der Waals surface area contributed by atoms with Crippen LogP contribution in [0.1, 0.15) is 20.8 Å². The van der Waals surface area contributed by atoms with Crippen molar-refractivity contribution < 1.29 is 0 Å². The summed E-state index contributed by atoms with van der Waals surface area (Å²) in [7, 11) is 3.76. The van der Waals surface area contributed by atoms with E-state index >= 15 is 0 Å². The van der Waals surface area contributed by atoms with E-state index in [0.717, 1.165) is 11.4 Å². The fraction of sp³-hybridized carbons (Fsp3) is 0.455. The second-order valence-corrected chi connectivity index (χ2v) is 2.03. The van der Waals surface area contributed by atoms with Crippen LogP contribution in [0, 0.1) is 0 Å². The first-order valence-corrected chi connectivity index (χ1v) is 4.65. The molecule has 0 rings (SSSR count). The van der Waals surface area contributed by atoms with Gasteiger partial charge >= 0.3 is 0 Å². The average Bonchev–Trinajstić information content (AvgIpc) is 2.21. The second kappa shape index (κ2) is 10.8. The third-order valence-electron chi connectivity index (χ3n) is 1.37. The molecule has 0 heterocycles. The molecule has 2 N–H and O–H groups in total. The first-order chi connectivity index (χ1) is 6.29. The Morgan fingerprint density at radius 3 is 1.77 bits per heavy atom. The van der Waals surface area contributed by atoms with Gasteiger partial charge in [0.2, 0.25) is 0 Å². The maximum absolute atomic E-state index is 3.69. The molecule has 0 saturated carbocycles. The van der Waals surface area contributed by atoms with Gasteiger partial charge in [-0.05, 0) is 19.1 Å².